The van der Waals surface area contributed by atoms with Crippen molar-refractivity contribution in [2.75, 3.05) is 12.4 Å². The number of anilines is 1. The molecule has 0 aliphatic carbocycles. The van der Waals surface area contributed by atoms with Crippen LogP contribution in [0.3, 0.4) is 0 Å². The molecule has 2 rings (SSSR count). The lowest BCUT2D eigenvalue weighted by molar-refractivity contribution is -0.137. The molecule has 1 heterocycles. The zero-order valence-corrected chi connectivity index (χ0v) is 13.5. The number of hydrogen-bond donors (Lipinski definition) is 1. The molecule has 130 valence electrons. The summed E-state index contributed by atoms with van der Waals surface area (Å²) in [6.45, 7) is 3.75. The van der Waals surface area contributed by atoms with Crippen LogP contribution in [0.25, 0.3) is 0 Å². The molecule has 24 heavy (non-hydrogen) atoms. The predicted octanol–water partition coefficient (Wildman–Crippen LogP) is 3.46. The van der Waals surface area contributed by atoms with Crippen LogP contribution in [-0.4, -0.2) is 29.1 Å². The van der Waals surface area contributed by atoms with Gasteiger partial charge in [-0.05, 0) is 38.6 Å². The predicted molar refractivity (Wildman–Crippen MR) is 82.2 cm³/mol. The highest BCUT2D eigenvalue weighted by atomic mass is 19.4. The summed E-state index contributed by atoms with van der Waals surface area (Å²) >= 11 is 0. The SMILES string of the molecule is Cc1cc(NC(=O)C(C)N(C)Cc2ccc(C(F)(F)F)cc2)no1. The van der Waals surface area contributed by atoms with Crippen LogP contribution in [0.4, 0.5) is 19.0 Å². The number of aryl methyl sites for hydroxylation is 1. The molecule has 1 aromatic carbocycles. The number of hydrogen-bond acceptors (Lipinski definition) is 4. The summed E-state index contributed by atoms with van der Waals surface area (Å²) in [6, 6.07) is 5.98. The summed E-state index contributed by atoms with van der Waals surface area (Å²) in [7, 11) is 1.72. The molecule has 2 aromatic rings. The Kier molecular flexibility index (Phi) is 5.28. The van der Waals surface area contributed by atoms with Gasteiger partial charge in [-0.2, -0.15) is 13.2 Å². The molecular weight excluding hydrogens is 323 g/mol. The van der Waals surface area contributed by atoms with Crippen molar-refractivity contribution in [3.8, 4) is 0 Å². The monoisotopic (exact) mass is 341 g/mol. The molecule has 0 aliphatic heterocycles. The number of alkyl halides is 3. The highest BCUT2D eigenvalue weighted by molar-refractivity contribution is 5.93. The molecule has 0 bridgehead atoms. The topological polar surface area (TPSA) is 58.4 Å². The van der Waals surface area contributed by atoms with Gasteiger partial charge < -0.3 is 9.84 Å². The number of aromatic nitrogens is 1. The van der Waals surface area contributed by atoms with Gasteiger partial charge in [0.05, 0.1) is 11.6 Å². The Balaban J connectivity index is 1.95. The van der Waals surface area contributed by atoms with Gasteiger partial charge in [0.15, 0.2) is 5.82 Å². The summed E-state index contributed by atoms with van der Waals surface area (Å²) in [4.78, 5) is 13.9. The number of likely N-dealkylation sites (N-methyl/N-ethyl adjacent to an activating group) is 1. The Morgan fingerprint density at radius 3 is 2.46 bits per heavy atom. The van der Waals surface area contributed by atoms with E-state index in [1.165, 1.54) is 12.1 Å². The van der Waals surface area contributed by atoms with E-state index < -0.39 is 17.8 Å². The second-order valence-corrected chi connectivity index (χ2v) is 5.60. The fourth-order valence-corrected chi connectivity index (χ4v) is 2.08. The van der Waals surface area contributed by atoms with Crippen LogP contribution in [0, 0.1) is 6.92 Å². The van der Waals surface area contributed by atoms with Gasteiger partial charge in [-0.3, -0.25) is 9.69 Å². The second kappa shape index (κ2) is 7.04. The van der Waals surface area contributed by atoms with Crippen LogP contribution in [0.1, 0.15) is 23.8 Å². The number of nitrogens with zero attached hydrogens (tertiary/aromatic N) is 2. The summed E-state index contributed by atoms with van der Waals surface area (Å²) in [5.41, 5.74) is -0.0106. The number of carbonyl (C=O) groups is 1. The molecule has 0 spiro atoms. The number of carbonyl (C=O) groups excluding carboxylic acids is 1. The van der Waals surface area contributed by atoms with E-state index in [2.05, 4.69) is 10.5 Å². The van der Waals surface area contributed by atoms with E-state index in [1.54, 1.807) is 31.9 Å². The van der Waals surface area contributed by atoms with Crippen molar-refractivity contribution in [2.45, 2.75) is 32.6 Å². The Hall–Kier alpha value is -2.35. The third kappa shape index (κ3) is 4.58. The first kappa shape index (κ1) is 18.0. The standard InChI is InChI=1S/C16H18F3N3O2/c1-10-8-14(21-24-10)20-15(23)11(2)22(3)9-12-4-6-13(7-5-12)16(17,18)19/h4-8,11H,9H2,1-3H3,(H,20,21,23). The van der Waals surface area contributed by atoms with E-state index in [9.17, 15) is 18.0 Å². The zero-order valence-electron chi connectivity index (χ0n) is 13.5. The molecule has 1 N–H and O–H groups in total. The van der Waals surface area contributed by atoms with Crippen molar-refractivity contribution in [2.24, 2.45) is 0 Å². The molecular formula is C16H18F3N3O2. The average Bonchev–Trinajstić information content (AvgIpc) is 2.91. The molecule has 1 aromatic heterocycles. The first-order chi connectivity index (χ1) is 11.2. The van der Waals surface area contributed by atoms with Crippen molar-refractivity contribution in [1.82, 2.24) is 10.1 Å². The minimum absolute atomic E-state index is 0.280. The lowest BCUT2D eigenvalue weighted by atomic mass is 10.1. The Labute approximate surface area is 137 Å². The first-order valence-electron chi connectivity index (χ1n) is 7.27. The van der Waals surface area contributed by atoms with Gasteiger partial charge >= 0.3 is 6.18 Å². The normalized spacial score (nSPS) is 13.1. The molecule has 5 nitrogen and oxygen atoms in total. The van der Waals surface area contributed by atoms with E-state index in [-0.39, 0.29) is 5.91 Å². The number of amides is 1. The van der Waals surface area contributed by atoms with E-state index in [0.717, 1.165) is 12.1 Å². The smallest absolute Gasteiger partial charge is 0.360 e. The lowest BCUT2D eigenvalue weighted by Crippen LogP contribution is -2.39. The Bertz CT molecular complexity index is 695. The van der Waals surface area contributed by atoms with Gasteiger partial charge in [-0.15, -0.1) is 0 Å². The van der Waals surface area contributed by atoms with Crippen molar-refractivity contribution < 1.29 is 22.5 Å². The van der Waals surface area contributed by atoms with Crippen LogP contribution in [0.15, 0.2) is 34.9 Å². The number of nitrogens with one attached hydrogen (secondary N) is 1. The highest BCUT2D eigenvalue weighted by Gasteiger charge is 2.30. The molecule has 8 heteroatoms. The summed E-state index contributed by atoms with van der Waals surface area (Å²) in [6.07, 6.45) is -4.35. The van der Waals surface area contributed by atoms with Crippen LogP contribution in [0.2, 0.25) is 0 Å². The van der Waals surface area contributed by atoms with E-state index >= 15 is 0 Å². The quantitative estimate of drug-likeness (QED) is 0.905. The third-order valence-electron chi connectivity index (χ3n) is 3.63. The summed E-state index contributed by atoms with van der Waals surface area (Å²) < 4.78 is 42.5. The number of rotatable bonds is 5. The van der Waals surface area contributed by atoms with Crippen molar-refractivity contribution in [3.63, 3.8) is 0 Å². The maximum absolute atomic E-state index is 12.5. The average molecular weight is 341 g/mol. The van der Waals surface area contributed by atoms with E-state index in [1.807, 2.05) is 0 Å². The minimum Gasteiger partial charge on any atom is -0.360 e. The molecule has 0 saturated heterocycles. The molecule has 0 aliphatic rings. The van der Waals surface area contributed by atoms with Gasteiger partial charge in [0.2, 0.25) is 5.91 Å². The molecule has 0 radical (unpaired) electrons. The van der Waals surface area contributed by atoms with Crippen molar-refractivity contribution in [1.29, 1.82) is 0 Å². The largest absolute Gasteiger partial charge is 0.416 e. The minimum atomic E-state index is -4.35. The fourth-order valence-electron chi connectivity index (χ4n) is 2.08. The fraction of sp³-hybridized carbons (Fsp3) is 0.375. The van der Waals surface area contributed by atoms with Gasteiger partial charge in [0.25, 0.3) is 0 Å². The molecule has 0 fully saturated rings. The number of benzene rings is 1. The van der Waals surface area contributed by atoms with E-state index in [0.29, 0.717) is 23.7 Å². The zero-order chi connectivity index (χ0) is 17.9. The summed E-state index contributed by atoms with van der Waals surface area (Å²) in [5.74, 6) is 0.626. The molecule has 1 atom stereocenters. The van der Waals surface area contributed by atoms with Crippen LogP contribution >= 0.6 is 0 Å². The van der Waals surface area contributed by atoms with Crippen molar-refractivity contribution >= 4 is 11.7 Å². The number of halogens is 3. The molecule has 0 saturated carbocycles. The van der Waals surface area contributed by atoms with Gasteiger partial charge in [0.1, 0.15) is 5.76 Å². The van der Waals surface area contributed by atoms with Crippen LogP contribution < -0.4 is 5.32 Å². The van der Waals surface area contributed by atoms with Gasteiger partial charge in [-0.1, -0.05) is 17.3 Å². The Morgan fingerprint density at radius 2 is 1.96 bits per heavy atom. The van der Waals surface area contributed by atoms with Gasteiger partial charge in [0, 0.05) is 12.6 Å². The van der Waals surface area contributed by atoms with Crippen LogP contribution in [0.5, 0.6) is 0 Å². The third-order valence-corrected chi connectivity index (χ3v) is 3.63. The Morgan fingerprint density at radius 1 is 1.33 bits per heavy atom. The van der Waals surface area contributed by atoms with Crippen LogP contribution in [-0.2, 0) is 17.5 Å². The van der Waals surface area contributed by atoms with E-state index in [4.69, 9.17) is 4.52 Å². The first-order valence-corrected chi connectivity index (χ1v) is 7.27. The maximum Gasteiger partial charge on any atom is 0.416 e. The maximum atomic E-state index is 12.5. The highest BCUT2D eigenvalue weighted by Crippen LogP contribution is 2.29. The molecule has 1 amide bonds. The molecule has 1 unspecified atom stereocenters. The van der Waals surface area contributed by atoms with Gasteiger partial charge in [-0.25, -0.2) is 0 Å². The summed E-state index contributed by atoms with van der Waals surface area (Å²) in [5, 5.41) is 6.31. The lowest BCUT2D eigenvalue weighted by Gasteiger charge is -2.23. The van der Waals surface area contributed by atoms with Crippen molar-refractivity contribution in [3.05, 3.63) is 47.2 Å². The second-order valence-electron chi connectivity index (χ2n) is 5.60.